The van der Waals surface area contributed by atoms with E-state index in [1.54, 1.807) is 6.26 Å². The first kappa shape index (κ1) is 14.9. The minimum atomic E-state index is -0.668. The summed E-state index contributed by atoms with van der Waals surface area (Å²) in [5.41, 5.74) is 0.364. The highest BCUT2D eigenvalue weighted by Crippen LogP contribution is 2.28. The molecule has 0 saturated carbocycles. The molecule has 0 heterocycles. The molecule has 0 amide bonds. The minimum absolute atomic E-state index is 0.240. The van der Waals surface area contributed by atoms with Crippen molar-refractivity contribution >= 4 is 35.1 Å². The normalized spacial score (nSPS) is 11.8. The number of carbonyl (C=O) groups is 2. The first-order chi connectivity index (χ1) is 8.49. The number of benzene rings is 1. The van der Waals surface area contributed by atoms with Gasteiger partial charge < -0.3 is 9.47 Å². The van der Waals surface area contributed by atoms with Crippen LogP contribution >= 0.6 is 23.4 Å². The number of hydrogen-bond acceptors (Lipinski definition) is 5. The van der Waals surface area contributed by atoms with Crippen molar-refractivity contribution in [3.63, 3.8) is 0 Å². The van der Waals surface area contributed by atoms with Gasteiger partial charge in [0.2, 0.25) is 0 Å². The van der Waals surface area contributed by atoms with E-state index in [0.717, 1.165) is 0 Å². The monoisotopic (exact) mass is 288 g/mol. The summed E-state index contributed by atoms with van der Waals surface area (Å²) >= 11 is 7.11. The molecule has 0 aliphatic rings. The SMILES string of the molecule is COc1cc(OC(C)=O)ccc1C(=O)C(Cl)SC. The van der Waals surface area contributed by atoms with E-state index in [9.17, 15) is 9.59 Å². The minimum Gasteiger partial charge on any atom is -0.496 e. The molecule has 0 fully saturated rings. The van der Waals surface area contributed by atoms with Crippen LogP contribution in [-0.2, 0) is 4.79 Å². The number of alkyl halides is 1. The Kier molecular flexibility index (Phi) is 5.50. The Hall–Kier alpha value is -1.20. The van der Waals surface area contributed by atoms with Gasteiger partial charge in [-0.05, 0) is 18.4 Å². The highest BCUT2D eigenvalue weighted by molar-refractivity contribution is 8.01. The van der Waals surface area contributed by atoms with Gasteiger partial charge in [0, 0.05) is 13.0 Å². The largest absolute Gasteiger partial charge is 0.496 e. The number of carbonyl (C=O) groups excluding carboxylic acids is 2. The number of Topliss-reactive ketones (excluding diaryl/α,β-unsaturated/α-hetero) is 1. The Bertz CT molecular complexity index is 461. The standard InChI is InChI=1S/C12H13ClO4S/c1-7(14)17-8-4-5-9(10(6-8)16-2)11(15)12(13)18-3/h4-6,12H,1-3H3. The van der Waals surface area contributed by atoms with Crippen molar-refractivity contribution in [2.45, 2.75) is 11.6 Å². The second-order valence-electron chi connectivity index (χ2n) is 3.37. The fraction of sp³-hybridized carbons (Fsp3) is 0.333. The molecule has 18 heavy (non-hydrogen) atoms. The molecule has 4 nitrogen and oxygen atoms in total. The lowest BCUT2D eigenvalue weighted by atomic mass is 10.1. The van der Waals surface area contributed by atoms with E-state index < -0.39 is 10.7 Å². The molecular weight excluding hydrogens is 276 g/mol. The molecule has 1 atom stereocenters. The lowest BCUT2D eigenvalue weighted by Crippen LogP contribution is -2.12. The summed E-state index contributed by atoms with van der Waals surface area (Å²) in [5, 5.41) is 0. The van der Waals surface area contributed by atoms with Gasteiger partial charge in [-0.15, -0.1) is 23.4 Å². The molecule has 0 spiro atoms. The van der Waals surface area contributed by atoms with Gasteiger partial charge in [0.15, 0.2) is 5.78 Å². The first-order valence-corrected chi connectivity index (χ1v) is 6.79. The molecule has 0 aromatic heterocycles. The van der Waals surface area contributed by atoms with Crippen molar-refractivity contribution in [1.29, 1.82) is 0 Å². The topological polar surface area (TPSA) is 52.6 Å². The zero-order chi connectivity index (χ0) is 13.7. The van der Waals surface area contributed by atoms with Crippen LogP contribution in [0.15, 0.2) is 18.2 Å². The lowest BCUT2D eigenvalue weighted by molar-refractivity contribution is -0.131. The van der Waals surface area contributed by atoms with Crippen molar-refractivity contribution in [3.05, 3.63) is 23.8 Å². The van der Waals surface area contributed by atoms with Crippen LogP contribution in [0.3, 0.4) is 0 Å². The van der Waals surface area contributed by atoms with E-state index in [4.69, 9.17) is 21.1 Å². The van der Waals surface area contributed by atoms with E-state index in [1.165, 1.54) is 44.0 Å². The van der Waals surface area contributed by atoms with Gasteiger partial charge in [-0.3, -0.25) is 9.59 Å². The molecule has 1 unspecified atom stereocenters. The fourth-order valence-corrected chi connectivity index (χ4v) is 1.79. The number of halogens is 1. The lowest BCUT2D eigenvalue weighted by Gasteiger charge is -2.11. The van der Waals surface area contributed by atoms with E-state index in [1.807, 2.05) is 0 Å². The fourth-order valence-electron chi connectivity index (χ4n) is 1.33. The number of methoxy groups -OCH3 is 1. The number of ether oxygens (including phenoxy) is 2. The molecule has 0 aliphatic heterocycles. The summed E-state index contributed by atoms with van der Waals surface area (Å²) in [5.74, 6) is -0.0181. The number of rotatable bonds is 5. The van der Waals surface area contributed by atoms with E-state index >= 15 is 0 Å². The second kappa shape index (κ2) is 6.66. The maximum absolute atomic E-state index is 11.9. The Balaban J connectivity index is 3.07. The molecule has 0 saturated heterocycles. The molecule has 0 aliphatic carbocycles. The smallest absolute Gasteiger partial charge is 0.308 e. The summed E-state index contributed by atoms with van der Waals surface area (Å²) in [7, 11) is 1.44. The maximum Gasteiger partial charge on any atom is 0.308 e. The van der Waals surface area contributed by atoms with Gasteiger partial charge in [0.1, 0.15) is 16.2 Å². The molecule has 0 N–H and O–H groups in total. The molecule has 1 aromatic rings. The zero-order valence-electron chi connectivity index (χ0n) is 10.2. The van der Waals surface area contributed by atoms with E-state index in [-0.39, 0.29) is 5.78 Å². The van der Waals surface area contributed by atoms with Crippen LogP contribution in [-0.4, -0.2) is 29.8 Å². The molecule has 1 rings (SSSR count). The van der Waals surface area contributed by atoms with Crippen LogP contribution < -0.4 is 9.47 Å². The third-order valence-corrected chi connectivity index (χ3v) is 3.47. The van der Waals surface area contributed by atoms with Crippen molar-refractivity contribution < 1.29 is 19.1 Å². The van der Waals surface area contributed by atoms with Crippen LogP contribution in [0.25, 0.3) is 0 Å². The third-order valence-electron chi connectivity index (χ3n) is 2.11. The number of esters is 1. The summed E-state index contributed by atoms with van der Waals surface area (Å²) < 4.78 is 9.35. The summed E-state index contributed by atoms with van der Waals surface area (Å²) in [6.07, 6.45) is 1.75. The quantitative estimate of drug-likeness (QED) is 0.361. The number of ketones is 1. The highest BCUT2D eigenvalue weighted by Gasteiger charge is 2.20. The van der Waals surface area contributed by atoms with Gasteiger partial charge in [-0.2, -0.15) is 0 Å². The average Bonchev–Trinajstić information content (AvgIpc) is 2.36. The van der Waals surface area contributed by atoms with Crippen molar-refractivity contribution in [2.24, 2.45) is 0 Å². The van der Waals surface area contributed by atoms with Crippen LogP contribution in [0.4, 0.5) is 0 Å². The third kappa shape index (κ3) is 3.65. The van der Waals surface area contributed by atoms with Crippen LogP contribution in [0.5, 0.6) is 11.5 Å². The van der Waals surface area contributed by atoms with Gasteiger partial charge in [-0.25, -0.2) is 0 Å². The van der Waals surface area contributed by atoms with Gasteiger partial charge >= 0.3 is 5.97 Å². The molecule has 1 aromatic carbocycles. The Labute approximate surface area is 115 Å². The predicted molar refractivity (Wildman–Crippen MR) is 71.8 cm³/mol. The van der Waals surface area contributed by atoms with Crippen molar-refractivity contribution in [3.8, 4) is 11.5 Å². The molecule has 0 radical (unpaired) electrons. The number of hydrogen-bond donors (Lipinski definition) is 0. The zero-order valence-corrected chi connectivity index (χ0v) is 11.8. The predicted octanol–water partition coefficient (Wildman–Crippen LogP) is 2.73. The van der Waals surface area contributed by atoms with Gasteiger partial charge in [0.25, 0.3) is 0 Å². The first-order valence-electron chi connectivity index (χ1n) is 5.07. The van der Waals surface area contributed by atoms with Crippen LogP contribution in [0, 0.1) is 0 Å². The van der Waals surface area contributed by atoms with Crippen LogP contribution in [0.1, 0.15) is 17.3 Å². The molecular formula is C12H13ClO4S. The van der Waals surface area contributed by atoms with Gasteiger partial charge in [-0.1, -0.05) is 0 Å². The van der Waals surface area contributed by atoms with Crippen molar-refractivity contribution in [1.82, 2.24) is 0 Å². The Morgan fingerprint density at radius 2 is 2.06 bits per heavy atom. The highest BCUT2D eigenvalue weighted by atomic mass is 35.5. The summed E-state index contributed by atoms with van der Waals surface area (Å²) in [6, 6.07) is 4.55. The summed E-state index contributed by atoms with van der Waals surface area (Å²) in [6.45, 7) is 1.30. The van der Waals surface area contributed by atoms with E-state index in [0.29, 0.717) is 17.1 Å². The molecule has 98 valence electrons. The Morgan fingerprint density at radius 3 is 2.56 bits per heavy atom. The Morgan fingerprint density at radius 1 is 1.39 bits per heavy atom. The second-order valence-corrected chi connectivity index (χ2v) is 5.01. The van der Waals surface area contributed by atoms with E-state index in [2.05, 4.69) is 0 Å². The number of thioether (sulfide) groups is 1. The summed E-state index contributed by atoms with van der Waals surface area (Å²) in [4.78, 5) is 22.8. The molecule has 6 heteroatoms. The molecule has 0 bridgehead atoms. The average molecular weight is 289 g/mol. The van der Waals surface area contributed by atoms with Gasteiger partial charge in [0.05, 0.1) is 12.7 Å². The maximum atomic E-state index is 11.9. The van der Waals surface area contributed by atoms with Crippen molar-refractivity contribution in [2.75, 3.05) is 13.4 Å². The van der Waals surface area contributed by atoms with Crippen LogP contribution in [0.2, 0.25) is 0 Å².